The highest BCUT2D eigenvalue weighted by molar-refractivity contribution is 5.90. The number of piperazine rings is 1. The third-order valence-electron chi connectivity index (χ3n) is 8.19. The smallest absolute Gasteiger partial charge is 0.415 e. The summed E-state index contributed by atoms with van der Waals surface area (Å²) in [5, 5.41) is 2.96. The summed E-state index contributed by atoms with van der Waals surface area (Å²) in [5.41, 5.74) is 4.32. The summed E-state index contributed by atoms with van der Waals surface area (Å²) in [7, 11) is 5.04. The van der Waals surface area contributed by atoms with Gasteiger partial charge in [-0.15, -0.1) is 0 Å². The molecular weight excluding hydrogens is 551 g/mol. The normalized spacial score (nSPS) is 19.2. The van der Waals surface area contributed by atoms with E-state index in [0.29, 0.717) is 31.1 Å². The number of hydrogen-bond acceptors (Lipinski definition) is 7. The summed E-state index contributed by atoms with van der Waals surface area (Å²) in [6.07, 6.45) is 5.14. The number of pyridine rings is 1. The molecule has 2 heterocycles. The molecule has 5 rings (SSSR count). The monoisotopic (exact) mass is 588 g/mol. The predicted octanol–water partition coefficient (Wildman–Crippen LogP) is 4.96. The maximum Gasteiger partial charge on any atom is 0.415 e. The SMILES string of the molecule is COc1cc(/C=C2\c3ccc(F)cc3C(CC(=O)NCc3cccnc3)C2C)cc(OC)c1OC(=O)N1CCN(C)CC1. The van der Waals surface area contributed by atoms with Crippen LogP contribution in [0.1, 0.15) is 41.5 Å². The number of carbonyl (C=O) groups excluding carboxylic acids is 2. The minimum Gasteiger partial charge on any atom is -0.493 e. The number of carbonyl (C=O) groups is 2. The third kappa shape index (κ3) is 6.80. The van der Waals surface area contributed by atoms with Crippen molar-refractivity contribution in [1.29, 1.82) is 0 Å². The molecule has 0 bridgehead atoms. The van der Waals surface area contributed by atoms with E-state index in [9.17, 15) is 14.0 Å². The Kier molecular flexibility index (Phi) is 9.25. The molecule has 0 spiro atoms. The lowest BCUT2D eigenvalue weighted by atomic mass is 9.88. The molecule has 2 amide bonds. The van der Waals surface area contributed by atoms with E-state index in [1.54, 1.807) is 35.5 Å². The van der Waals surface area contributed by atoms with E-state index in [0.717, 1.165) is 40.9 Å². The zero-order valence-electron chi connectivity index (χ0n) is 24.9. The number of halogens is 1. The van der Waals surface area contributed by atoms with Gasteiger partial charge in [0.15, 0.2) is 11.5 Å². The van der Waals surface area contributed by atoms with Crippen LogP contribution in [-0.4, -0.2) is 74.2 Å². The van der Waals surface area contributed by atoms with E-state index in [1.165, 1.54) is 26.4 Å². The van der Waals surface area contributed by atoms with Gasteiger partial charge in [0, 0.05) is 51.5 Å². The molecule has 1 saturated heterocycles. The summed E-state index contributed by atoms with van der Waals surface area (Å²) >= 11 is 0. The number of benzene rings is 2. The fourth-order valence-corrected chi connectivity index (χ4v) is 5.71. The first kappa shape index (κ1) is 30.0. The molecule has 43 heavy (non-hydrogen) atoms. The number of allylic oxidation sites excluding steroid dienone is 1. The van der Waals surface area contributed by atoms with Gasteiger partial charge in [-0.1, -0.05) is 25.1 Å². The van der Waals surface area contributed by atoms with Crippen molar-refractivity contribution in [1.82, 2.24) is 20.1 Å². The van der Waals surface area contributed by atoms with Crippen molar-refractivity contribution in [3.05, 3.63) is 82.9 Å². The van der Waals surface area contributed by atoms with Crippen molar-refractivity contribution in [3.63, 3.8) is 0 Å². The zero-order valence-corrected chi connectivity index (χ0v) is 24.9. The number of nitrogens with zero attached hydrogens (tertiary/aromatic N) is 3. The second-order valence-corrected chi connectivity index (χ2v) is 11.0. The number of methoxy groups -OCH3 is 2. The van der Waals surface area contributed by atoms with Gasteiger partial charge in [-0.25, -0.2) is 9.18 Å². The molecular formula is C33H37FN4O5. The van der Waals surface area contributed by atoms with E-state index in [2.05, 4.69) is 15.2 Å². The van der Waals surface area contributed by atoms with Crippen LogP contribution in [0.25, 0.3) is 11.6 Å². The average Bonchev–Trinajstić information content (AvgIpc) is 3.26. The summed E-state index contributed by atoms with van der Waals surface area (Å²) in [6.45, 7) is 5.11. The molecule has 2 unspecified atom stereocenters. The number of hydrogen-bond donors (Lipinski definition) is 1. The van der Waals surface area contributed by atoms with Crippen molar-refractivity contribution in [2.24, 2.45) is 5.92 Å². The van der Waals surface area contributed by atoms with Crippen LogP contribution >= 0.6 is 0 Å². The van der Waals surface area contributed by atoms with Gasteiger partial charge in [-0.2, -0.15) is 0 Å². The van der Waals surface area contributed by atoms with Gasteiger partial charge in [-0.05, 0) is 77.0 Å². The molecule has 2 aromatic carbocycles. The van der Waals surface area contributed by atoms with Crippen LogP contribution in [0.15, 0.2) is 54.9 Å². The summed E-state index contributed by atoms with van der Waals surface area (Å²) in [6, 6.07) is 12.0. The first-order chi connectivity index (χ1) is 20.8. The molecule has 1 aliphatic heterocycles. The molecule has 1 N–H and O–H groups in total. The maximum absolute atomic E-state index is 14.4. The Morgan fingerprint density at radius 2 is 1.79 bits per heavy atom. The van der Waals surface area contributed by atoms with Crippen LogP contribution in [0.5, 0.6) is 17.2 Å². The van der Waals surface area contributed by atoms with E-state index in [1.807, 2.05) is 32.2 Å². The number of likely N-dealkylation sites (N-methyl/N-ethyl adjacent to an activating group) is 1. The summed E-state index contributed by atoms with van der Waals surface area (Å²) in [4.78, 5) is 33.8. The van der Waals surface area contributed by atoms with Crippen LogP contribution in [0.2, 0.25) is 0 Å². The largest absolute Gasteiger partial charge is 0.493 e. The van der Waals surface area contributed by atoms with Crippen molar-refractivity contribution in [2.75, 3.05) is 47.4 Å². The lowest BCUT2D eigenvalue weighted by Gasteiger charge is -2.31. The minimum absolute atomic E-state index is 0.0762. The average molecular weight is 589 g/mol. The van der Waals surface area contributed by atoms with Crippen LogP contribution in [-0.2, 0) is 11.3 Å². The molecule has 9 nitrogen and oxygen atoms in total. The van der Waals surface area contributed by atoms with E-state index >= 15 is 0 Å². The number of fused-ring (bicyclic) bond motifs is 1. The quantitative estimate of drug-likeness (QED) is 0.398. The lowest BCUT2D eigenvalue weighted by molar-refractivity contribution is -0.121. The highest BCUT2D eigenvalue weighted by Gasteiger charge is 2.35. The van der Waals surface area contributed by atoms with E-state index < -0.39 is 6.09 Å². The van der Waals surface area contributed by atoms with Crippen LogP contribution in [0.4, 0.5) is 9.18 Å². The molecule has 1 aromatic heterocycles. The third-order valence-corrected chi connectivity index (χ3v) is 8.19. The number of rotatable bonds is 8. The fourth-order valence-electron chi connectivity index (χ4n) is 5.71. The second-order valence-electron chi connectivity index (χ2n) is 11.0. The van der Waals surface area contributed by atoms with Gasteiger partial charge in [-0.3, -0.25) is 9.78 Å². The first-order valence-electron chi connectivity index (χ1n) is 14.4. The minimum atomic E-state index is -0.458. The summed E-state index contributed by atoms with van der Waals surface area (Å²) in [5.74, 6) is 0.164. The second kappa shape index (κ2) is 13.2. The number of aromatic nitrogens is 1. The Hall–Kier alpha value is -4.44. The molecule has 1 aliphatic carbocycles. The van der Waals surface area contributed by atoms with E-state index in [4.69, 9.17) is 14.2 Å². The molecule has 1 fully saturated rings. The molecule has 226 valence electrons. The van der Waals surface area contributed by atoms with Crippen LogP contribution in [0.3, 0.4) is 0 Å². The molecule has 2 atom stereocenters. The molecule has 10 heteroatoms. The van der Waals surface area contributed by atoms with Crippen LogP contribution < -0.4 is 19.5 Å². The van der Waals surface area contributed by atoms with Crippen molar-refractivity contribution >= 4 is 23.6 Å². The Morgan fingerprint density at radius 1 is 1.07 bits per heavy atom. The number of ether oxygens (including phenoxy) is 3. The first-order valence-corrected chi connectivity index (χ1v) is 14.4. The molecule has 0 radical (unpaired) electrons. The highest BCUT2D eigenvalue weighted by atomic mass is 19.1. The van der Waals surface area contributed by atoms with Gasteiger partial charge in [0.2, 0.25) is 11.7 Å². The van der Waals surface area contributed by atoms with Gasteiger partial charge >= 0.3 is 6.09 Å². The highest BCUT2D eigenvalue weighted by Crippen LogP contribution is 2.49. The standard InChI is InChI=1S/C33H37FN4O5/c1-21-26(25-8-7-24(34)17-28(25)27(21)18-31(39)36-20-22-6-5-9-35-19-22)14-23-15-29(41-3)32(30(16-23)42-4)43-33(40)38-12-10-37(2)11-13-38/h5-9,14-17,19,21,27H,10-13,18,20H2,1-4H3,(H,36,39)/b26-14-. The predicted molar refractivity (Wildman–Crippen MR) is 162 cm³/mol. The van der Waals surface area contributed by atoms with Crippen molar-refractivity contribution in [3.8, 4) is 17.2 Å². The Labute approximate surface area is 251 Å². The Balaban J connectivity index is 1.39. The Morgan fingerprint density at radius 3 is 2.44 bits per heavy atom. The molecule has 3 aromatic rings. The van der Waals surface area contributed by atoms with Crippen LogP contribution in [0, 0.1) is 11.7 Å². The lowest BCUT2D eigenvalue weighted by Crippen LogP contribution is -2.48. The topological polar surface area (TPSA) is 93.2 Å². The number of nitrogens with one attached hydrogen (secondary N) is 1. The van der Waals surface area contributed by atoms with Gasteiger partial charge in [0.05, 0.1) is 14.2 Å². The van der Waals surface area contributed by atoms with Crippen molar-refractivity contribution in [2.45, 2.75) is 25.8 Å². The zero-order chi connectivity index (χ0) is 30.5. The van der Waals surface area contributed by atoms with Crippen molar-refractivity contribution < 1.29 is 28.2 Å². The van der Waals surface area contributed by atoms with Gasteiger partial charge in [0.1, 0.15) is 5.82 Å². The maximum atomic E-state index is 14.4. The fraction of sp³-hybridized carbons (Fsp3) is 0.364. The molecule has 0 saturated carbocycles. The molecule has 2 aliphatic rings. The summed E-state index contributed by atoms with van der Waals surface area (Å²) < 4.78 is 31.4. The Bertz CT molecular complexity index is 1480. The number of amides is 2. The van der Waals surface area contributed by atoms with Gasteiger partial charge in [0.25, 0.3) is 0 Å². The van der Waals surface area contributed by atoms with Gasteiger partial charge < -0.3 is 29.3 Å². The van der Waals surface area contributed by atoms with E-state index in [-0.39, 0.29) is 35.7 Å².